The molecule has 0 aromatic carbocycles. The highest BCUT2D eigenvalue weighted by Crippen LogP contribution is 2.39. The summed E-state index contributed by atoms with van der Waals surface area (Å²) in [4.78, 5) is 4.30. The van der Waals surface area contributed by atoms with E-state index in [2.05, 4.69) is 10.1 Å². The van der Waals surface area contributed by atoms with Crippen molar-refractivity contribution in [3.05, 3.63) is 41.9 Å². The lowest BCUT2D eigenvalue weighted by Gasteiger charge is -2.10. The van der Waals surface area contributed by atoms with Crippen molar-refractivity contribution in [2.45, 2.75) is 31.8 Å². The van der Waals surface area contributed by atoms with Crippen LogP contribution in [-0.2, 0) is 0 Å². The quantitative estimate of drug-likeness (QED) is 0.877. The van der Waals surface area contributed by atoms with Gasteiger partial charge in [-0.15, -0.1) is 0 Å². The number of aliphatic hydroxyl groups is 1. The van der Waals surface area contributed by atoms with Crippen LogP contribution in [0.5, 0.6) is 0 Å². The van der Waals surface area contributed by atoms with Crippen molar-refractivity contribution in [2.24, 2.45) is 0 Å². The van der Waals surface area contributed by atoms with Gasteiger partial charge in [-0.25, -0.2) is 9.67 Å². The molecule has 3 rings (SSSR count). The van der Waals surface area contributed by atoms with Crippen molar-refractivity contribution < 1.29 is 5.11 Å². The summed E-state index contributed by atoms with van der Waals surface area (Å²) in [5.41, 5.74) is 1.94. The van der Waals surface area contributed by atoms with Crippen LogP contribution in [0.25, 0.3) is 5.82 Å². The van der Waals surface area contributed by atoms with Gasteiger partial charge in [-0.05, 0) is 31.9 Å². The summed E-state index contributed by atoms with van der Waals surface area (Å²) >= 11 is 0. The van der Waals surface area contributed by atoms with E-state index in [1.165, 1.54) is 12.8 Å². The van der Waals surface area contributed by atoms with Crippen molar-refractivity contribution in [3.8, 4) is 5.82 Å². The molecule has 0 saturated heterocycles. The molecule has 88 valence electrons. The maximum atomic E-state index is 9.71. The van der Waals surface area contributed by atoms with Gasteiger partial charge in [0.05, 0.1) is 11.8 Å². The summed E-state index contributed by atoms with van der Waals surface area (Å²) in [5.74, 6) is 1.35. The Morgan fingerprint density at radius 3 is 2.94 bits per heavy atom. The lowest BCUT2D eigenvalue weighted by Crippen LogP contribution is -2.05. The van der Waals surface area contributed by atoms with Gasteiger partial charge in [-0.1, -0.05) is 6.07 Å². The number of hydrogen-bond acceptors (Lipinski definition) is 3. The summed E-state index contributed by atoms with van der Waals surface area (Å²) in [6.45, 7) is 1.74. The van der Waals surface area contributed by atoms with E-state index in [1.54, 1.807) is 17.8 Å². The van der Waals surface area contributed by atoms with E-state index in [9.17, 15) is 5.11 Å². The smallest absolute Gasteiger partial charge is 0.159 e. The second kappa shape index (κ2) is 3.96. The normalized spacial score (nSPS) is 17.1. The fraction of sp³-hybridized carbons (Fsp3) is 0.385. The van der Waals surface area contributed by atoms with Gasteiger partial charge in [0.1, 0.15) is 0 Å². The molecule has 17 heavy (non-hydrogen) atoms. The molecule has 1 atom stereocenters. The Labute approximate surface area is 99.9 Å². The SMILES string of the molecule is CC(O)c1cccnc1-n1ccc(C2CC2)n1. The van der Waals surface area contributed by atoms with Gasteiger partial charge >= 0.3 is 0 Å². The average molecular weight is 229 g/mol. The zero-order valence-corrected chi connectivity index (χ0v) is 9.74. The monoisotopic (exact) mass is 229 g/mol. The standard InChI is InChI=1S/C13H15N3O/c1-9(17)11-3-2-7-14-13(11)16-8-6-12(15-16)10-4-5-10/h2-3,6-10,17H,4-5H2,1H3. The molecule has 2 heterocycles. The molecular formula is C13H15N3O. The van der Waals surface area contributed by atoms with E-state index >= 15 is 0 Å². The molecule has 1 N–H and O–H groups in total. The third-order valence-corrected chi connectivity index (χ3v) is 3.09. The van der Waals surface area contributed by atoms with Gasteiger partial charge in [0.2, 0.25) is 0 Å². The zero-order chi connectivity index (χ0) is 11.8. The number of aromatic nitrogens is 3. The lowest BCUT2D eigenvalue weighted by molar-refractivity contribution is 0.198. The Balaban J connectivity index is 2.01. The number of aliphatic hydroxyl groups excluding tert-OH is 1. The highest BCUT2D eigenvalue weighted by atomic mass is 16.3. The summed E-state index contributed by atoms with van der Waals surface area (Å²) < 4.78 is 1.76. The largest absolute Gasteiger partial charge is 0.389 e. The number of rotatable bonds is 3. The Morgan fingerprint density at radius 2 is 2.24 bits per heavy atom. The maximum Gasteiger partial charge on any atom is 0.159 e. The van der Waals surface area contributed by atoms with Crippen LogP contribution in [0.3, 0.4) is 0 Å². The molecule has 0 aliphatic heterocycles. The summed E-state index contributed by atoms with van der Waals surface area (Å²) in [6, 6.07) is 5.75. The lowest BCUT2D eigenvalue weighted by atomic mass is 10.1. The third kappa shape index (κ3) is 1.96. The molecule has 1 saturated carbocycles. The Morgan fingerprint density at radius 1 is 1.41 bits per heavy atom. The van der Waals surface area contributed by atoms with Gasteiger partial charge < -0.3 is 5.11 Å². The van der Waals surface area contributed by atoms with Crippen LogP contribution < -0.4 is 0 Å². The molecule has 1 aliphatic rings. The van der Waals surface area contributed by atoms with E-state index in [1.807, 2.05) is 24.4 Å². The van der Waals surface area contributed by atoms with Crippen molar-refractivity contribution >= 4 is 0 Å². The van der Waals surface area contributed by atoms with E-state index < -0.39 is 6.10 Å². The minimum atomic E-state index is -0.535. The van der Waals surface area contributed by atoms with E-state index in [0.717, 1.165) is 17.1 Å². The van der Waals surface area contributed by atoms with Crippen LogP contribution in [0, 0.1) is 0 Å². The van der Waals surface area contributed by atoms with Gasteiger partial charge in [-0.3, -0.25) is 0 Å². The van der Waals surface area contributed by atoms with Crippen molar-refractivity contribution in [1.29, 1.82) is 0 Å². The molecule has 1 aliphatic carbocycles. The van der Waals surface area contributed by atoms with Gasteiger partial charge in [0, 0.05) is 23.9 Å². The van der Waals surface area contributed by atoms with E-state index in [0.29, 0.717) is 5.92 Å². The molecule has 0 bridgehead atoms. The molecule has 1 unspecified atom stereocenters. The average Bonchev–Trinajstić information content (AvgIpc) is 3.07. The van der Waals surface area contributed by atoms with Gasteiger partial charge in [0.25, 0.3) is 0 Å². The van der Waals surface area contributed by atoms with Crippen LogP contribution >= 0.6 is 0 Å². The Hall–Kier alpha value is -1.68. The van der Waals surface area contributed by atoms with E-state index in [-0.39, 0.29) is 0 Å². The maximum absolute atomic E-state index is 9.71. The van der Waals surface area contributed by atoms with Crippen molar-refractivity contribution in [1.82, 2.24) is 14.8 Å². The van der Waals surface area contributed by atoms with Crippen molar-refractivity contribution in [2.75, 3.05) is 0 Å². The number of hydrogen-bond donors (Lipinski definition) is 1. The molecule has 0 radical (unpaired) electrons. The van der Waals surface area contributed by atoms with E-state index in [4.69, 9.17) is 0 Å². The number of nitrogens with zero attached hydrogens (tertiary/aromatic N) is 3. The van der Waals surface area contributed by atoms with Crippen molar-refractivity contribution in [3.63, 3.8) is 0 Å². The first-order valence-electron chi connectivity index (χ1n) is 5.94. The Kier molecular flexibility index (Phi) is 2.44. The summed E-state index contributed by atoms with van der Waals surface area (Å²) in [5, 5.41) is 14.2. The first-order chi connectivity index (χ1) is 8.25. The van der Waals surface area contributed by atoms with Crippen LogP contribution in [0.15, 0.2) is 30.6 Å². The number of pyridine rings is 1. The molecule has 2 aromatic heterocycles. The minimum Gasteiger partial charge on any atom is -0.389 e. The van der Waals surface area contributed by atoms with Crippen LogP contribution in [0.2, 0.25) is 0 Å². The summed E-state index contributed by atoms with van der Waals surface area (Å²) in [7, 11) is 0. The second-order valence-corrected chi connectivity index (χ2v) is 4.55. The van der Waals surface area contributed by atoms with Gasteiger partial charge in [-0.2, -0.15) is 5.10 Å². The predicted octanol–water partition coefficient (Wildman–Crippen LogP) is 2.20. The fourth-order valence-corrected chi connectivity index (χ4v) is 1.98. The summed E-state index contributed by atoms with van der Waals surface area (Å²) in [6.07, 6.45) is 5.58. The first-order valence-corrected chi connectivity index (χ1v) is 5.94. The molecule has 0 spiro atoms. The topological polar surface area (TPSA) is 50.9 Å². The van der Waals surface area contributed by atoms with Gasteiger partial charge in [0.15, 0.2) is 5.82 Å². The first kappa shape index (κ1) is 10.5. The molecule has 4 heteroatoms. The van der Waals surface area contributed by atoms with Crippen LogP contribution in [-0.4, -0.2) is 19.9 Å². The minimum absolute atomic E-state index is 0.535. The van der Waals surface area contributed by atoms with Crippen LogP contribution in [0.4, 0.5) is 0 Å². The van der Waals surface area contributed by atoms with Crippen LogP contribution in [0.1, 0.15) is 43.0 Å². The molecular weight excluding hydrogens is 214 g/mol. The fourth-order valence-electron chi connectivity index (χ4n) is 1.98. The zero-order valence-electron chi connectivity index (χ0n) is 9.74. The molecule has 4 nitrogen and oxygen atoms in total. The molecule has 1 fully saturated rings. The molecule has 0 amide bonds. The highest BCUT2D eigenvalue weighted by molar-refractivity contribution is 5.34. The Bertz CT molecular complexity index is 529. The highest BCUT2D eigenvalue weighted by Gasteiger charge is 2.26. The second-order valence-electron chi connectivity index (χ2n) is 4.55. The third-order valence-electron chi connectivity index (χ3n) is 3.09. The molecule has 2 aromatic rings. The predicted molar refractivity (Wildman–Crippen MR) is 64.0 cm³/mol.